The Balaban J connectivity index is 1.90. The van der Waals surface area contributed by atoms with Crippen LogP contribution < -0.4 is 0 Å². The van der Waals surface area contributed by atoms with Crippen molar-refractivity contribution in [2.75, 3.05) is 27.2 Å². The summed E-state index contributed by atoms with van der Waals surface area (Å²) >= 11 is 0. The van der Waals surface area contributed by atoms with Crippen molar-refractivity contribution in [3.05, 3.63) is 29.6 Å². The molecule has 1 unspecified atom stereocenters. The van der Waals surface area contributed by atoms with Gasteiger partial charge in [-0.3, -0.25) is 4.98 Å². The van der Waals surface area contributed by atoms with E-state index in [0.29, 0.717) is 23.6 Å². The SMILES string of the molecule is CN(C)CCOC(c1cc2nccc(C(=O)O)c2[nH]1)C1CCCC1. The third-order valence-electron chi connectivity index (χ3n) is 4.74. The van der Waals surface area contributed by atoms with E-state index < -0.39 is 5.97 Å². The largest absolute Gasteiger partial charge is 0.478 e. The second-order valence-electron chi connectivity index (χ2n) is 6.79. The first kappa shape index (κ1) is 16.9. The van der Waals surface area contributed by atoms with Crippen molar-refractivity contribution in [3.63, 3.8) is 0 Å². The Morgan fingerprint density at radius 2 is 2.21 bits per heavy atom. The molecule has 6 heteroatoms. The van der Waals surface area contributed by atoms with Gasteiger partial charge in [-0.1, -0.05) is 12.8 Å². The standard InChI is InChI=1S/C18H25N3O3/c1-21(2)9-10-24-17(12-5-3-4-6-12)15-11-14-16(20-15)13(18(22)23)7-8-19-14/h7-8,11-12,17,20H,3-6,9-10H2,1-2H3,(H,22,23). The van der Waals surface area contributed by atoms with E-state index in [4.69, 9.17) is 4.74 Å². The first-order valence-corrected chi connectivity index (χ1v) is 8.53. The topological polar surface area (TPSA) is 78.4 Å². The lowest BCUT2D eigenvalue weighted by Crippen LogP contribution is -2.22. The number of carboxylic acid groups (broad SMARTS) is 1. The number of H-pyrrole nitrogens is 1. The molecular weight excluding hydrogens is 306 g/mol. The summed E-state index contributed by atoms with van der Waals surface area (Å²) in [5, 5.41) is 9.36. The maximum Gasteiger partial charge on any atom is 0.337 e. The zero-order valence-electron chi connectivity index (χ0n) is 14.3. The number of rotatable bonds is 7. The molecular formula is C18H25N3O3. The lowest BCUT2D eigenvalue weighted by molar-refractivity contribution is 0.00366. The van der Waals surface area contributed by atoms with Gasteiger partial charge >= 0.3 is 5.97 Å². The van der Waals surface area contributed by atoms with Gasteiger partial charge in [0.2, 0.25) is 0 Å². The molecule has 2 aromatic heterocycles. The number of hydrogen-bond donors (Lipinski definition) is 2. The van der Waals surface area contributed by atoms with Crippen LogP contribution in [0, 0.1) is 5.92 Å². The number of aromatic nitrogens is 2. The summed E-state index contributed by atoms with van der Waals surface area (Å²) in [5.74, 6) is -0.463. The molecule has 1 aliphatic carbocycles. The molecule has 2 heterocycles. The van der Waals surface area contributed by atoms with Crippen molar-refractivity contribution < 1.29 is 14.6 Å². The lowest BCUT2D eigenvalue weighted by Gasteiger charge is -2.24. The van der Waals surface area contributed by atoms with Gasteiger partial charge < -0.3 is 19.7 Å². The van der Waals surface area contributed by atoms with E-state index in [1.165, 1.54) is 18.9 Å². The summed E-state index contributed by atoms with van der Waals surface area (Å²) in [4.78, 5) is 21.1. The molecule has 0 amide bonds. The summed E-state index contributed by atoms with van der Waals surface area (Å²) in [6.45, 7) is 1.52. The summed E-state index contributed by atoms with van der Waals surface area (Å²) in [6, 6.07) is 3.48. The van der Waals surface area contributed by atoms with Crippen LogP contribution in [0.4, 0.5) is 0 Å². The van der Waals surface area contributed by atoms with Crippen LogP contribution >= 0.6 is 0 Å². The van der Waals surface area contributed by atoms with Gasteiger partial charge in [-0.15, -0.1) is 0 Å². The number of aromatic carboxylic acids is 1. The molecule has 0 bridgehead atoms. The Morgan fingerprint density at radius 3 is 2.88 bits per heavy atom. The van der Waals surface area contributed by atoms with Crippen LogP contribution in [0.25, 0.3) is 11.0 Å². The van der Waals surface area contributed by atoms with E-state index in [-0.39, 0.29) is 11.7 Å². The molecule has 0 saturated heterocycles. The number of carbonyl (C=O) groups is 1. The van der Waals surface area contributed by atoms with Crippen molar-refractivity contribution in [1.82, 2.24) is 14.9 Å². The van der Waals surface area contributed by atoms with Crippen LogP contribution in [0.1, 0.15) is 47.8 Å². The number of nitrogens with zero attached hydrogens (tertiary/aromatic N) is 2. The fourth-order valence-electron chi connectivity index (χ4n) is 3.48. The molecule has 0 radical (unpaired) electrons. The molecule has 1 atom stereocenters. The number of carboxylic acids is 1. The maximum atomic E-state index is 11.4. The third kappa shape index (κ3) is 3.60. The van der Waals surface area contributed by atoms with Gasteiger partial charge in [0.1, 0.15) is 6.10 Å². The highest BCUT2D eigenvalue weighted by Gasteiger charge is 2.29. The Bertz CT molecular complexity index is 705. The van der Waals surface area contributed by atoms with Gasteiger partial charge in [0.15, 0.2) is 0 Å². The first-order chi connectivity index (χ1) is 11.6. The minimum absolute atomic E-state index is 0.0247. The van der Waals surface area contributed by atoms with E-state index in [0.717, 1.165) is 25.1 Å². The zero-order chi connectivity index (χ0) is 17.1. The van der Waals surface area contributed by atoms with Crippen molar-refractivity contribution in [3.8, 4) is 0 Å². The van der Waals surface area contributed by atoms with Gasteiger partial charge in [-0.05, 0) is 45.0 Å². The van der Waals surface area contributed by atoms with Crippen molar-refractivity contribution in [2.24, 2.45) is 5.92 Å². The predicted molar refractivity (Wildman–Crippen MR) is 92.3 cm³/mol. The Hall–Kier alpha value is -1.92. The van der Waals surface area contributed by atoms with Crippen molar-refractivity contribution in [2.45, 2.75) is 31.8 Å². The molecule has 3 rings (SSSR count). The first-order valence-electron chi connectivity index (χ1n) is 8.53. The number of aromatic amines is 1. The van der Waals surface area contributed by atoms with Gasteiger partial charge in [-0.25, -0.2) is 4.79 Å². The Morgan fingerprint density at radius 1 is 1.46 bits per heavy atom. The number of fused-ring (bicyclic) bond motifs is 1. The third-order valence-corrected chi connectivity index (χ3v) is 4.74. The number of likely N-dealkylation sites (N-methyl/N-ethyl adjacent to an activating group) is 1. The monoisotopic (exact) mass is 331 g/mol. The molecule has 130 valence electrons. The smallest absolute Gasteiger partial charge is 0.337 e. The molecule has 1 saturated carbocycles. The van der Waals surface area contributed by atoms with Crippen molar-refractivity contribution >= 4 is 17.0 Å². The molecule has 0 aliphatic heterocycles. The number of nitrogens with one attached hydrogen (secondary N) is 1. The van der Waals surface area contributed by atoms with E-state index in [9.17, 15) is 9.90 Å². The van der Waals surface area contributed by atoms with E-state index in [2.05, 4.69) is 14.9 Å². The average molecular weight is 331 g/mol. The van der Waals surface area contributed by atoms with E-state index in [1.54, 1.807) is 6.20 Å². The second-order valence-corrected chi connectivity index (χ2v) is 6.79. The second kappa shape index (κ2) is 7.32. The van der Waals surface area contributed by atoms with Gasteiger partial charge in [0, 0.05) is 18.4 Å². The van der Waals surface area contributed by atoms with E-state index >= 15 is 0 Å². The van der Waals surface area contributed by atoms with Crippen molar-refractivity contribution in [1.29, 1.82) is 0 Å². The molecule has 1 aliphatic rings. The van der Waals surface area contributed by atoms with Crippen LogP contribution in [-0.2, 0) is 4.74 Å². The maximum absolute atomic E-state index is 11.4. The summed E-state index contributed by atoms with van der Waals surface area (Å²) in [5.41, 5.74) is 2.46. The summed E-state index contributed by atoms with van der Waals surface area (Å²) < 4.78 is 6.20. The van der Waals surface area contributed by atoms with Crippen LogP contribution in [0.2, 0.25) is 0 Å². The lowest BCUT2D eigenvalue weighted by atomic mass is 9.98. The minimum Gasteiger partial charge on any atom is -0.478 e. The average Bonchev–Trinajstić information content (AvgIpc) is 3.19. The highest BCUT2D eigenvalue weighted by atomic mass is 16.5. The Labute approximate surface area is 141 Å². The van der Waals surface area contributed by atoms with Gasteiger partial charge in [0.05, 0.1) is 23.2 Å². The number of hydrogen-bond acceptors (Lipinski definition) is 4. The zero-order valence-corrected chi connectivity index (χ0v) is 14.3. The van der Waals surface area contributed by atoms with E-state index in [1.807, 2.05) is 20.2 Å². The summed E-state index contributed by atoms with van der Waals surface area (Å²) in [7, 11) is 4.06. The van der Waals surface area contributed by atoms with Crippen LogP contribution in [-0.4, -0.2) is 53.2 Å². The van der Waals surface area contributed by atoms with Crippen LogP contribution in [0.3, 0.4) is 0 Å². The number of pyridine rings is 1. The minimum atomic E-state index is -0.943. The molecule has 0 spiro atoms. The highest BCUT2D eigenvalue weighted by molar-refractivity contribution is 6.00. The Kier molecular flexibility index (Phi) is 5.16. The number of ether oxygens (including phenoxy) is 1. The quantitative estimate of drug-likeness (QED) is 0.815. The highest BCUT2D eigenvalue weighted by Crippen LogP contribution is 2.38. The molecule has 0 aromatic carbocycles. The fourth-order valence-corrected chi connectivity index (χ4v) is 3.48. The fraction of sp³-hybridized carbons (Fsp3) is 0.556. The molecule has 24 heavy (non-hydrogen) atoms. The molecule has 1 fully saturated rings. The molecule has 2 N–H and O–H groups in total. The predicted octanol–water partition coefficient (Wildman–Crippen LogP) is 3.07. The van der Waals surface area contributed by atoms with Crippen LogP contribution in [0.15, 0.2) is 18.3 Å². The van der Waals surface area contributed by atoms with Crippen LogP contribution in [0.5, 0.6) is 0 Å². The molecule has 2 aromatic rings. The van der Waals surface area contributed by atoms with Gasteiger partial charge in [-0.2, -0.15) is 0 Å². The molecule has 6 nitrogen and oxygen atoms in total. The van der Waals surface area contributed by atoms with Gasteiger partial charge in [0.25, 0.3) is 0 Å². The summed E-state index contributed by atoms with van der Waals surface area (Å²) in [6.07, 6.45) is 6.29. The normalized spacial score (nSPS) is 17.0.